The molecule has 0 heterocycles. The average molecular weight is 476 g/mol. The molecule has 10 nitrogen and oxygen atoms in total. The number of benzene rings is 2. The average Bonchev–Trinajstić information content (AvgIpc) is 2.67. The molecule has 0 spiro atoms. The number of anilines is 1. The van der Waals surface area contributed by atoms with Crippen molar-refractivity contribution in [1.82, 2.24) is 4.31 Å². The van der Waals surface area contributed by atoms with Crippen LogP contribution in [0.1, 0.15) is 10.4 Å². The maximum Gasteiger partial charge on any atom is 0.338 e. The highest BCUT2D eigenvalue weighted by atomic mass is 35.5. The molecule has 0 aliphatic carbocycles. The third-order valence-electron chi connectivity index (χ3n) is 3.69. The van der Waals surface area contributed by atoms with E-state index in [1.165, 1.54) is 38.4 Å². The fraction of sp³-hybridized carbons (Fsp3) is 0.176. The quantitative estimate of drug-likeness (QED) is 0.369. The van der Waals surface area contributed by atoms with Crippen LogP contribution in [0.5, 0.6) is 0 Å². The van der Waals surface area contributed by atoms with Crippen LogP contribution in [0, 0.1) is 10.1 Å². The Morgan fingerprint density at radius 1 is 1.13 bits per heavy atom. The minimum absolute atomic E-state index is 0.0301. The van der Waals surface area contributed by atoms with Gasteiger partial charge in [0.25, 0.3) is 11.6 Å². The second-order valence-electron chi connectivity index (χ2n) is 5.98. The van der Waals surface area contributed by atoms with E-state index in [0.717, 1.165) is 16.4 Å². The second-order valence-corrected chi connectivity index (χ2v) is 8.91. The van der Waals surface area contributed by atoms with Crippen molar-refractivity contribution in [2.45, 2.75) is 4.90 Å². The molecule has 0 saturated heterocycles. The highest BCUT2D eigenvalue weighted by Gasteiger charge is 2.22. The molecule has 2 rings (SSSR count). The first-order chi connectivity index (χ1) is 13.9. The Labute approximate surface area is 181 Å². The summed E-state index contributed by atoms with van der Waals surface area (Å²) < 4.78 is 30.3. The molecule has 0 fully saturated rings. The molecule has 0 aromatic heterocycles. The minimum Gasteiger partial charge on any atom is -0.452 e. The summed E-state index contributed by atoms with van der Waals surface area (Å²) in [6.45, 7) is -0.715. The molecule has 0 unspecified atom stereocenters. The number of carbonyl (C=O) groups excluding carboxylic acids is 2. The topological polar surface area (TPSA) is 136 Å². The van der Waals surface area contributed by atoms with E-state index >= 15 is 0 Å². The molecule has 1 N–H and O–H groups in total. The van der Waals surface area contributed by atoms with Crippen LogP contribution in [-0.2, 0) is 19.6 Å². The zero-order chi connectivity index (χ0) is 22.6. The van der Waals surface area contributed by atoms with Crippen LogP contribution >= 0.6 is 23.2 Å². The number of hydrogen-bond acceptors (Lipinski definition) is 7. The SMILES string of the molecule is CN(C)S(=O)(=O)c1cc(NC(=O)COC(=O)c2ccc(Cl)c([N+](=O)[O-])c2)ccc1Cl. The lowest BCUT2D eigenvalue weighted by atomic mass is 10.2. The lowest BCUT2D eigenvalue weighted by Crippen LogP contribution is -2.23. The van der Waals surface area contributed by atoms with Gasteiger partial charge in [0.05, 0.1) is 15.5 Å². The molecule has 1 amide bonds. The maximum absolute atomic E-state index is 12.3. The fourth-order valence-corrected chi connectivity index (χ4v) is 3.75. The second kappa shape index (κ2) is 9.39. The largest absolute Gasteiger partial charge is 0.452 e. The summed E-state index contributed by atoms with van der Waals surface area (Å²) in [6, 6.07) is 7.15. The molecule has 13 heteroatoms. The van der Waals surface area contributed by atoms with Gasteiger partial charge in [-0.25, -0.2) is 17.5 Å². The zero-order valence-electron chi connectivity index (χ0n) is 15.6. The van der Waals surface area contributed by atoms with E-state index in [2.05, 4.69) is 5.32 Å². The molecule has 2 aromatic rings. The molecular formula is C17H15Cl2N3O7S. The molecule has 160 valence electrons. The first-order valence-corrected chi connectivity index (χ1v) is 10.3. The third-order valence-corrected chi connectivity index (χ3v) is 6.30. The van der Waals surface area contributed by atoms with Gasteiger partial charge in [-0.15, -0.1) is 0 Å². The lowest BCUT2D eigenvalue weighted by molar-refractivity contribution is -0.384. The molecule has 0 aliphatic heterocycles. The van der Waals surface area contributed by atoms with Gasteiger partial charge in [0.15, 0.2) is 6.61 Å². The van der Waals surface area contributed by atoms with Gasteiger partial charge in [0.2, 0.25) is 10.0 Å². The van der Waals surface area contributed by atoms with Crippen LogP contribution in [0.25, 0.3) is 0 Å². The highest BCUT2D eigenvalue weighted by molar-refractivity contribution is 7.89. The minimum atomic E-state index is -3.84. The van der Waals surface area contributed by atoms with Crippen molar-refractivity contribution >= 4 is 56.5 Å². The summed E-state index contributed by atoms with van der Waals surface area (Å²) >= 11 is 11.6. The Kier molecular flexibility index (Phi) is 7.37. The number of ether oxygens (including phenoxy) is 1. The number of hydrogen-bond donors (Lipinski definition) is 1. The Hall–Kier alpha value is -2.73. The predicted octanol–water partition coefficient (Wildman–Crippen LogP) is 2.95. The molecule has 0 atom stereocenters. The lowest BCUT2D eigenvalue weighted by Gasteiger charge is -2.14. The first kappa shape index (κ1) is 23.5. The fourth-order valence-electron chi connectivity index (χ4n) is 2.17. The van der Waals surface area contributed by atoms with E-state index in [1.807, 2.05) is 0 Å². The van der Waals surface area contributed by atoms with Crippen LogP contribution in [0.4, 0.5) is 11.4 Å². The van der Waals surface area contributed by atoms with E-state index in [1.54, 1.807) is 0 Å². The van der Waals surface area contributed by atoms with Crippen LogP contribution in [0.3, 0.4) is 0 Å². The number of carbonyl (C=O) groups is 2. The van der Waals surface area contributed by atoms with Gasteiger partial charge in [-0.1, -0.05) is 23.2 Å². The number of amides is 1. The van der Waals surface area contributed by atoms with Crippen molar-refractivity contribution in [3.8, 4) is 0 Å². The first-order valence-electron chi connectivity index (χ1n) is 8.06. The Morgan fingerprint density at radius 2 is 1.77 bits per heavy atom. The van der Waals surface area contributed by atoms with Gasteiger partial charge in [0, 0.05) is 25.8 Å². The summed E-state index contributed by atoms with van der Waals surface area (Å²) in [6.07, 6.45) is 0. The van der Waals surface area contributed by atoms with Gasteiger partial charge in [-0.2, -0.15) is 0 Å². The molecule has 0 aliphatic rings. The van der Waals surface area contributed by atoms with Gasteiger partial charge >= 0.3 is 5.97 Å². The van der Waals surface area contributed by atoms with E-state index in [0.29, 0.717) is 0 Å². The summed E-state index contributed by atoms with van der Waals surface area (Å²) in [4.78, 5) is 34.0. The van der Waals surface area contributed by atoms with Crippen molar-refractivity contribution in [1.29, 1.82) is 0 Å². The predicted molar refractivity (Wildman–Crippen MR) is 109 cm³/mol. The number of rotatable bonds is 7. The summed E-state index contributed by atoms with van der Waals surface area (Å²) in [7, 11) is -1.18. The molecule has 0 bridgehead atoms. The van der Waals surface area contributed by atoms with Crippen molar-refractivity contribution in [2.24, 2.45) is 0 Å². The van der Waals surface area contributed by atoms with Crippen molar-refractivity contribution in [3.63, 3.8) is 0 Å². The standard InChI is InChI=1S/C17H15Cl2N3O7S/c1-21(2)30(27,28)15-8-11(4-6-13(15)19)20-16(23)9-29-17(24)10-3-5-12(18)14(7-10)22(25)26/h3-8H,9H2,1-2H3,(H,20,23). The monoisotopic (exact) mass is 475 g/mol. The molecular weight excluding hydrogens is 461 g/mol. The Bertz CT molecular complexity index is 1120. The molecule has 30 heavy (non-hydrogen) atoms. The number of esters is 1. The number of nitro groups is 1. The summed E-state index contributed by atoms with van der Waals surface area (Å²) in [5, 5.41) is 13.1. The van der Waals surface area contributed by atoms with Gasteiger partial charge < -0.3 is 10.1 Å². The van der Waals surface area contributed by atoms with Gasteiger partial charge in [0.1, 0.15) is 9.92 Å². The molecule has 2 aromatic carbocycles. The van der Waals surface area contributed by atoms with Crippen LogP contribution in [0.15, 0.2) is 41.3 Å². The highest BCUT2D eigenvalue weighted by Crippen LogP contribution is 2.27. The smallest absolute Gasteiger partial charge is 0.338 e. The molecule has 0 saturated carbocycles. The van der Waals surface area contributed by atoms with E-state index in [4.69, 9.17) is 27.9 Å². The van der Waals surface area contributed by atoms with Gasteiger partial charge in [-0.05, 0) is 30.3 Å². The van der Waals surface area contributed by atoms with Crippen LogP contribution in [-0.4, -0.2) is 50.2 Å². The van der Waals surface area contributed by atoms with Crippen molar-refractivity contribution < 1.29 is 27.7 Å². The Morgan fingerprint density at radius 3 is 2.37 bits per heavy atom. The summed E-state index contributed by atoms with van der Waals surface area (Å²) in [5.74, 6) is -1.74. The number of nitrogens with zero attached hydrogens (tertiary/aromatic N) is 2. The van der Waals surface area contributed by atoms with E-state index < -0.39 is 39.1 Å². The van der Waals surface area contributed by atoms with Crippen LogP contribution in [0.2, 0.25) is 10.0 Å². The van der Waals surface area contributed by atoms with Gasteiger partial charge in [-0.3, -0.25) is 14.9 Å². The Balaban J connectivity index is 2.08. The number of nitro benzene ring substituents is 1. The van der Waals surface area contributed by atoms with E-state index in [9.17, 15) is 28.1 Å². The normalized spacial score (nSPS) is 11.2. The van der Waals surface area contributed by atoms with Crippen molar-refractivity contribution in [3.05, 3.63) is 62.1 Å². The number of sulfonamides is 1. The number of halogens is 2. The summed E-state index contributed by atoms with van der Waals surface area (Å²) in [5.41, 5.74) is -0.529. The van der Waals surface area contributed by atoms with Crippen molar-refractivity contribution in [2.75, 3.05) is 26.0 Å². The third kappa shape index (κ3) is 5.45. The molecule has 0 radical (unpaired) electrons. The maximum atomic E-state index is 12.3. The van der Waals surface area contributed by atoms with Crippen LogP contribution < -0.4 is 5.32 Å². The zero-order valence-corrected chi connectivity index (χ0v) is 17.9. The number of nitrogens with one attached hydrogen (secondary N) is 1. The van der Waals surface area contributed by atoms with E-state index in [-0.39, 0.29) is 26.2 Å².